The van der Waals surface area contributed by atoms with E-state index in [-0.39, 0.29) is 5.79 Å². The first kappa shape index (κ1) is 9.47. The van der Waals surface area contributed by atoms with Gasteiger partial charge in [0, 0.05) is 12.8 Å². The zero-order valence-corrected chi connectivity index (χ0v) is 8.71. The van der Waals surface area contributed by atoms with E-state index >= 15 is 0 Å². The minimum atomic E-state index is -0.190. The molecule has 1 saturated heterocycles. The molecule has 2 rings (SSSR count). The molecule has 76 valence electrons. The van der Waals surface area contributed by atoms with Crippen molar-refractivity contribution in [3.8, 4) is 0 Å². The van der Waals surface area contributed by atoms with E-state index in [2.05, 4.69) is 13.8 Å². The zero-order valence-electron chi connectivity index (χ0n) is 8.71. The molecule has 0 aromatic rings. The lowest BCUT2D eigenvalue weighted by Crippen LogP contribution is -2.46. The van der Waals surface area contributed by atoms with Gasteiger partial charge in [0.05, 0.1) is 12.7 Å². The Morgan fingerprint density at radius 2 is 1.77 bits per heavy atom. The summed E-state index contributed by atoms with van der Waals surface area (Å²) in [6.45, 7) is 5.36. The van der Waals surface area contributed by atoms with Crippen LogP contribution in [-0.2, 0) is 9.47 Å². The summed E-state index contributed by atoms with van der Waals surface area (Å²) in [5.41, 5.74) is 0. The van der Waals surface area contributed by atoms with Gasteiger partial charge in [-0.2, -0.15) is 0 Å². The van der Waals surface area contributed by atoms with E-state index in [1.165, 1.54) is 12.8 Å². The zero-order chi connectivity index (χ0) is 9.31. The van der Waals surface area contributed by atoms with Crippen molar-refractivity contribution in [1.29, 1.82) is 0 Å². The van der Waals surface area contributed by atoms with Crippen LogP contribution < -0.4 is 0 Å². The third-order valence-corrected chi connectivity index (χ3v) is 3.34. The normalized spacial score (nSPS) is 46.6. The Balaban J connectivity index is 1.95. The highest BCUT2D eigenvalue weighted by Gasteiger charge is 2.39. The number of ether oxygens (including phenoxy) is 2. The molecule has 1 aliphatic carbocycles. The number of hydrogen-bond donors (Lipinski definition) is 0. The summed E-state index contributed by atoms with van der Waals surface area (Å²) in [5.74, 6) is 0.666. The fourth-order valence-electron chi connectivity index (χ4n) is 2.33. The molecule has 1 heterocycles. The van der Waals surface area contributed by atoms with Crippen molar-refractivity contribution >= 4 is 0 Å². The van der Waals surface area contributed by atoms with E-state index in [1.807, 2.05) is 0 Å². The van der Waals surface area contributed by atoms with Crippen molar-refractivity contribution in [2.75, 3.05) is 6.61 Å². The molecule has 13 heavy (non-hydrogen) atoms. The number of hydrogen-bond acceptors (Lipinski definition) is 2. The van der Waals surface area contributed by atoms with Gasteiger partial charge in [0.25, 0.3) is 0 Å². The van der Waals surface area contributed by atoms with Crippen LogP contribution in [0.5, 0.6) is 0 Å². The van der Waals surface area contributed by atoms with E-state index in [1.54, 1.807) is 0 Å². The standard InChI is InChI=1S/C11H20O2/c1-9-3-6-11(7-4-9)12-8-5-10(2)13-11/h9-10H,3-8H2,1-2H3/t9?,10-,11?/m1/s1. The average molecular weight is 184 g/mol. The van der Waals surface area contributed by atoms with Crippen LogP contribution in [0.4, 0.5) is 0 Å². The summed E-state index contributed by atoms with van der Waals surface area (Å²) in [6, 6.07) is 0. The van der Waals surface area contributed by atoms with E-state index in [0.29, 0.717) is 6.10 Å². The second-order valence-electron chi connectivity index (χ2n) is 4.66. The first-order chi connectivity index (χ1) is 6.20. The van der Waals surface area contributed by atoms with Gasteiger partial charge in [0.1, 0.15) is 0 Å². The molecule has 2 fully saturated rings. The van der Waals surface area contributed by atoms with Gasteiger partial charge in [0.2, 0.25) is 0 Å². The average Bonchev–Trinajstić information content (AvgIpc) is 2.11. The van der Waals surface area contributed by atoms with Gasteiger partial charge in [-0.15, -0.1) is 0 Å². The van der Waals surface area contributed by atoms with Gasteiger partial charge in [0.15, 0.2) is 5.79 Å². The highest BCUT2D eigenvalue weighted by molar-refractivity contribution is 4.81. The predicted molar refractivity (Wildman–Crippen MR) is 51.5 cm³/mol. The smallest absolute Gasteiger partial charge is 0.168 e. The van der Waals surface area contributed by atoms with Gasteiger partial charge in [-0.1, -0.05) is 6.92 Å². The summed E-state index contributed by atoms with van der Waals surface area (Å²) in [7, 11) is 0. The van der Waals surface area contributed by atoms with Crippen LogP contribution >= 0.6 is 0 Å². The minimum Gasteiger partial charge on any atom is -0.350 e. The Kier molecular flexibility index (Phi) is 2.61. The molecule has 0 aromatic carbocycles. The van der Waals surface area contributed by atoms with Crippen molar-refractivity contribution in [1.82, 2.24) is 0 Å². The van der Waals surface area contributed by atoms with Crippen molar-refractivity contribution in [3.63, 3.8) is 0 Å². The van der Waals surface area contributed by atoms with Crippen molar-refractivity contribution in [2.45, 2.75) is 57.8 Å². The second kappa shape index (κ2) is 3.58. The van der Waals surface area contributed by atoms with Gasteiger partial charge in [-0.3, -0.25) is 0 Å². The molecule has 2 nitrogen and oxygen atoms in total. The van der Waals surface area contributed by atoms with Crippen LogP contribution in [0.1, 0.15) is 46.0 Å². The molecule has 0 radical (unpaired) electrons. The molecule has 2 heteroatoms. The van der Waals surface area contributed by atoms with Crippen LogP contribution in [0, 0.1) is 5.92 Å². The second-order valence-corrected chi connectivity index (χ2v) is 4.66. The van der Waals surface area contributed by atoms with Crippen molar-refractivity contribution < 1.29 is 9.47 Å². The maximum atomic E-state index is 5.94. The Labute approximate surface area is 80.6 Å². The molecule has 0 unspecified atom stereocenters. The fraction of sp³-hybridized carbons (Fsp3) is 1.00. The molecule has 0 aromatic heterocycles. The summed E-state index contributed by atoms with van der Waals surface area (Å²) in [5, 5.41) is 0. The lowest BCUT2D eigenvalue weighted by molar-refractivity contribution is -0.304. The number of rotatable bonds is 0. The molecule has 0 N–H and O–H groups in total. The van der Waals surface area contributed by atoms with E-state index in [9.17, 15) is 0 Å². The highest BCUT2D eigenvalue weighted by atomic mass is 16.7. The first-order valence-electron chi connectivity index (χ1n) is 5.52. The first-order valence-corrected chi connectivity index (χ1v) is 5.52. The Morgan fingerprint density at radius 1 is 1.08 bits per heavy atom. The maximum Gasteiger partial charge on any atom is 0.168 e. The minimum absolute atomic E-state index is 0.190. The van der Waals surface area contributed by atoms with Crippen LogP contribution in [0.2, 0.25) is 0 Å². The van der Waals surface area contributed by atoms with Gasteiger partial charge >= 0.3 is 0 Å². The fourth-order valence-corrected chi connectivity index (χ4v) is 2.33. The summed E-state index contributed by atoms with van der Waals surface area (Å²) < 4.78 is 11.7. The lowest BCUT2D eigenvalue weighted by Gasteiger charge is -2.43. The highest BCUT2D eigenvalue weighted by Crippen LogP contribution is 2.38. The quantitative estimate of drug-likeness (QED) is 0.576. The third kappa shape index (κ3) is 2.05. The van der Waals surface area contributed by atoms with Crippen LogP contribution in [-0.4, -0.2) is 18.5 Å². The SMILES string of the molecule is CC1CCC2(CC1)OCC[C@@H](C)O2. The Morgan fingerprint density at radius 3 is 2.38 bits per heavy atom. The van der Waals surface area contributed by atoms with Crippen molar-refractivity contribution in [3.05, 3.63) is 0 Å². The molecule has 1 spiro atoms. The molecular formula is C11H20O2. The molecule has 0 bridgehead atoms. The molecule has 2 aliphatic rings. The van der Waals surface area contributed by atoms with Gasteiger partial charge in [-0.05, 0) is 32.1 Å². The molecular weight excluding hydrogens is 164 g/mol. The molecule has 1 saturated carbocycles. The van der Waals surface area contributed by atoms with Crippen molar-refractivity contribution in [2.24, 2.45) is 5.92 Å². The third-order valence-electron chi connectivity index (χ3n) is 3.34. The van der Waals surface area contributed by atoms with Crippen LogP contribution in [0.15, 0.2) is 0 Å². The van der Waals surface area contributed by atoms with Crippen LogP contribution in [0.25, 0.3) is 0 Å². The van der Waals surface area contributed by atoms with Gasteiger partial charge in [-0.25, -0.2) is 0 Å². The maximum absolute atomic E-state index is 5.94. The Bertz CT molecular complexity index is 171. The summed E-state index contributed by atoms with van der Waals surface area (Å²) in [4.78, 5) is 0. The van der Waals surface area contributed by atoms with E-state index in [4.69, 9.17) is 9.47 Å². The molecule has 1 aliphatic heterocycles. The van der Waals surface area contributed by atoms with E-state index in [0.717, 1.165) is 31.8 Å². The monoisotopic (exact) mass is 184 g/mol. The lowest BCUT2D eigenvalue weighted by atomic mass is 9.86. The summed E-state index contributed by atoms with van der Waals surface area (Å²) >= 11 is 0. The topological polar surface area (TPSA) is 18.5 Å². The molecule has 0 amide bonds. The van der Waals surface area contributed by atoms with Crippen LogP contribution in [0.3, 0.4) is 0 Å². The molecule has 1 atom stereocenters. The Hall–Kier alpha value is -0.0800. The van der Waals surface area contributed by atoms with Gasteiger partial charge < -0.3 is 9.47 Å². The van der Waals surface area contributed by atoms with E-state index < -0.39 is 0 Å². The predicted octanol–water partition coefficient (Wildman–Crippen LogP) is 2.72. The largest absolute Gasteiger partial charge is 0.350 e. The summed E-state index contributed by atoms with van der Waals surface area (Å²) in [6.07, 6.45) is 6.15.